The number of hydroxylamine groups is 2. The lowest BCUT2D eigenvalue weighted by molar-refractivity contribution is -0.0924. The van der Waals surface area contributed by atoms with Crippen molar-refractivity contribution in [3.05, 3.63) is 59.7 Å². The average molecular weight is 311 g/mol. The van der Waals surface area contributed by atoms with Crippen LogP contribution in [0.4, 0.5) is 4.79 Å². The monoisotopic (exact) mass is 311 g/mol. The maximum atomic E-state index is 12.0. The van der Waals surface area contributed by atoms with Crippen LogP contribution in [-0.4, -0.2) is 42.1 Å². The second-order valence-electron chi connectivity index (χ2n) is 5.81. The summed E-state index contributed by atoms with van der Waals surface area (Å²) in [4.78, 5) is 17.1. The molecule has 1 saturated heterocycles. The van der Waals surface area contributed by atoms with E-state index in [4.69, 9.17) is 9.57 Å². The van der Waals surface area contributed by atoms with E-state index >= 15 is 0 Å². The number of benzene rings is 2. The Balaban J connectivity index is 1.54. The van der Waals surface area contributed by atoms with Crippen LogP contribution < -0.4 is 0 Å². The van der Waals surface area contributed by atoms with Crippen molar-refractivity contribution in [1.29, 1.82) is 0 Å². The Morgan fingerprint density at radius 2 is 1.74 bits per heavy atom. The Morgan fingerprint density at radius 3 is 2.30 bits per heavy atom. The van der Waals surface area contributed by atoms with Gasteiger partial charge in [-0.3, -0.25) is 4.84 Å². The van der Waals surface area contributed by atoms with Crippen molar-refractivity contribution in [2.75, 3.05) is 19.8 Å². The van der Waals surface area contributed by atoms with Gasteiger partial charge in [-0.1, -0.05) is 48.5 Å². The van der Waals surface area contributed by atoms with Crippen LogP contribution in [0.2, 0.25) is 0 Å². The van der Waals surface area contributed by atoms with Crippen molar-refractivity contribution in [1.82, 2.24) is 5.06 Å². The number of carbonyl (C=O) groups excluding carboxylic acids is 1. The molecule has 0 radical (unpaired) electrons. The highest BCUT2D eigenvalue weighted by molar-refractivity contribution is 5.79. The van der Waals surface area contributed by atoms with Gasteiger partial charge in [0.1, 0.15) is 19.3 Å². The minimum atomic E-state index is -0.643. The van der Waals surface area contributed by atoms with E-state index in [1.54, 1.807) is 0 Å². The molecule has 1 fully saturated rings. The summed E-state index contributed by atoms with van der Waals surface area (Å²) in [6.07, 6.45) is -1.20. The normalized spacial score (nSPS) is 19.5. The molecule has 1 N–H and O–H groups in total. The molecule has 118 valence electrons. The Hall–Kier alpha value is -2.37. The molecule has 2 aromatic rings. The molecule has 1 amide bonds. The smallest absolute Gasteiger partial charge is 0.434 e. The number of fused-ring (bicyclic) bond motifs is 3. The van der Waals surface area contributed by atoms with Crippen molar-refractivity contribution in [2.24, 2.45) is 0 Å². The van der Waals surface area contributed by atoms with Crippen LogP contribution in [-0.2, 0) is 9.57 Å². The summed E-state index contributed by atoms with van der Waals surface area (Å²) in [5, 5.41) is 10.5. The van der Waals surface area contributed by atoms with Gasteiger partial charge in [-0.15, -0.1) is 0 Å². The highest BCUT2D eigenvalue weighted by Crippen LogP contribution is 2.44. The average Bonchev–Trinajstić information content (AvgIpc) is 3.15. The van der Waals surface area contributed by atoms with E-state index in [1.807, 2.05) is 24.3 Å². The van der Waals surface area contributed by atoms with Crippen LogP contribution in [0, 0.1) is 0 Å². The Morgan fingerprint density at radius 1 is 1.13 bits per heavy atom. The first-order valence-electron chi connectivity index (χ1n) is 7.67. The summed E-state index contributed by atoms with van der Waals surface area (Å²) in [6.45, 7) is 0.531. The summed E-state index contributed by atoms with van der Waals surface area (Å²) in [5.41, 5.74) is 4.72. The zero-order valence-corrected chi connectivity index (χ0v) is 12.5. The van der Waals surface area contributed by atoms with Gasteiger partial charge in [0, 0.05) is 5.92 Å². The Bertz CT molecular complexity index is 700. The van der Waals surface area contributed by atoms with E-state index in [2.05, 4.69) is 24.3 Å². The number of hydrogen-bond donors (Lipinski definition) is 1. The maximum Gasteiger partial charge on any atom is 0.434 e. The molecule has 1 atom stereocenters. The Kier molecular flexibility index (Phi) is 3.52. The number of β-amino-alcohol motifs (C(OH)–C–C–N with tert-alkyl or cyclic N) is 1. The van der Waals surface area contributed by atoms with Gasteiger partial charge in [0.25, 0.3) is 0 Å². The number of aliphatic hydroxyl groups excluding tert-OH is 1. The van der Waals surface area contributed by atoms with E-state index in [-0.39, 0.29) is 25.7 Å². The summed E-state index contributed by atoms with van der Waals surface area (Å²) in [6, 6.07) is 16.4. The standard InChI is InChI=1S/C18H17NO4/c20-12-9-19(23-10-12)18(21)22-11-17-15-7-3-1-5-13(15)14-6-2-4-8-16(14)17/h1-8,12,17,20H,9-11H2. The molecule has 0 spiro atoms. The summed E-state index contributed by atoms with van der Waals surface area (Å²) >= 11 is 0. The fraction of sp³-hybridized carbons (Fsp3) is 0.278. The molecule has 0 saturated carbocycles. The summed E-state index contributed by atoms with van der Waals surface area (Å²) in [7, 11) is 0. The number of carbonyl (C=O) groups is 1. The molecule has 0 aromatic heterocycles. The van der Waals surface area contributed by atoms with E-state index in [0.717, 1.165) is 5.06 Å². The fourth-order valence-electron chi connectivity index (χ4n) is 3.27. The molecule has 1 aliphatic carbocycles. The molecular formula is C18H17NO4. The molecule has 1 aliphatic heterocycles. The number of hydrogen-bond acceptors (Lipinski definition) is 4. The van der Waals surface area contributed by atoms with Gasteiger partial charge < -0.3 is 9.84 Å². The zero-order valence-electron chi connectivity index (χ0n) is 12.5. The van der Waals surface area contributed by atoms with Crippen molar-refractivity contribution in [3.63, 3.8) is 0 Å². The van der Waals surface area contributed by atoms with E-state index in [0.29, 0.717) is 0 Å². The first-order chi connectivity index (χ1) is 11.2. The van der Waals surface area contributed by atoms with Crippen LogP contribution in [0.3, 0.4) is 0 Å². The Labute approximate surface area is 134 Å². The van der Waals surface area contributed by atoms with Crippen molar-refractivity contribution >= 4 is 6.09 Å². The van der Waals surface area contributed by atoms with Crippen LogP contribution in [0.25, 0.3) is 11.1 Å². The molecule has 5 nitrogen and oxygen atoms in total. The van der Waals surface area contributed by atoms with E-state index in [9.17, 15) is 9.90 Å². The third-order valence-corrected chi connectivity index (χ3v) is 4.34. The zero-order chi connectivity index (χ0) is 15.8. The number of aliphatic hydroxyl groups is 1. The molecule has 23 heavy (non-hydrogen) atoms. The number of ether oxygens (including phenoxy) is 1. The summed E-state index contributed by atoms with van der Waals surface area (Å²) in [5.74, 6) is 0.0267. The number of amides is 1. The predicted molar refractivity (Wildman–Crippen MR) is 83.7 cm³/mol. The van der Waals surface area contributed by atoms with Crippen LogP contribution in [0.15, 0.2) is 48.5 Å². The van der Waals surface area contributed by atoms with Crippen LogP contribution in [0.1, 0.15) is 17.0 Å². The summed E-state index contributed by atoms with van der Waals surface area (Å²) < 4.78 is 5.42. The molecule has 2 aliphatic rings. The first kappa shape index (κ1) is 14.2. The second kappa shape index (κ2) is 5.68. The minimum absolute atomic E-state index is 0.0267. The topological polar surface area (TPSA) is 59.0 Å². The van der Waals surface area contributed by atoms with Gasteiger partial charge >= 0.3 is 6.09 Å². The van der Waals surface area contributed by atoms with Gasteiger partial charge in [0.05, 0.1) is 6.54 Å². The molecule has 1 heterocycles. The molecule has 4 rings (SSSR count). The van der Waals surface area contributed by atoms with Gasteiger partial charge in [-0.2, -0.15) is 5.06 Å². The first-order valence-corrected chi connectivity index (χ1v) is 7.67. The molecule has 0 bridgehead atoms. The highest BCUT2D eigenvalue weighted by atomic mass is 16.7. The van der Waals surface area contributed by atoms with E-state index < -0.39 is 12.2 Å². The largest absolute Gasteiger partial charge is 0.447 e. The third-order valence-electron chi connectivity index (χ3n) is 4.34. The van der Waals surface area contributed by atoms with Crippen molar-refractivity contribution in [2.45, 2.75) is 12.0 Å². The van der Waals surface area contributed by atoms with Gasteiger partial charge in [0.15, 0.2) is 0 Å². The second-order valence-corrected chi connectivity index (χ2v) is 5.81. The van der Waals surface area contributed by atoms with Gasteiger partial charge in [-0.25, -0.2) is 4.79 Å². The SMILES string of the molecule is O=C(OCC1c2ccccc2-c2ccccc21)N1CC(O)CO1. The fourth-order valence-corrected chi connectivity index (χ4v) is 3.27. The lowest BCUT2D eigenvalue weighted by atomic mass is 9.98. The lowest BCUT2D eigenvalue weighted by Crippen LogP contribution is -2.30. The molecule has 2 aromatic carbocycles. The van der Waals surface area contributed by atoms with Crippen molar-refractivity contribution < 1.29 is 19.5 Å². The lowest BCUT2D eigenvalue weighted by Gasteiger charge is -2.17. The van der Waals surface area contributed by atoms with Gasteiger partial charge in [-0.05, 0) is 22.3 Å². The third kappa shape index (κ3) is 2.48. The van der Waals surface area contributed by atoms with Gasteiger partial charge in [0.2, 0.25) is 0 Å². The highest BCUT2D eigenvalue weighted by Gasteiger charge is 2.31. The quantitative estimate of drug-likeness (QED) is 0.926. The number of nitrogens with zero attached hydrogens (tertiary/aromatic N) is 1. The maximum absolute atomic E-state index is 12.0. The van der Waals surface area contributed by atoms with E-state index in [1.165, 1.54) is 22.3 Å². The van der Waals surface area contributed by atoms with Crippen molar-refractivity contribution in [3.8, 4) is 11.1 Å². The minimum Gasteiger partial charge on any atom is -0.447 e. The van der Waals surface area contributed by atoms with Crippen LogP contribution in [0.5, 0.6) is 0 Å². The molecule has 1 unspecified atom stereocenters. The number of rotatable bonds is 2. The molecule has 5 heteroatoms. The predicted octanol–water partition coefficient (Wildman–Crippen LogP) is 2.54. The van der Waals surface area contributed by atoms with Crippen LogP contribution >= 0.6 is 0 Å². The molecular weight excluding hydrogens is 294 g/mol.